The van der Waals surface area contributed by atoms with E-state index >= 15 is 0 Å². The summed E-state index contributed by atoms with van der Waals surface area (Å²) in [5, 5.41) is 0. The van der Waals surface area contributed by atoms with Crippen LogP contribution in [0.15, 0.2) is 41.1 Å². The van der Waals surface area contributed by atoms with Gasteiger partial charge in [0.1, 0.15) is 0 Å². The molecule has 92 valence electrons. The first-order valence-corrected chi connectivity index (χ1v) is 6.17. The number of carbonyl (C=O) groups excluding carboxylic acids is 2. The molecular formula is C13H11BrN2O2. The first-order valence-electron chi connectivity index (χ1n) is 5.38. The third-order valence-corrected chi connectivity index (χ3v) is 3.26. The Bertz CT molecular complexity index is 605. The van der Waals surface area contributed by atoms with Crippen molar-refractivity contribution in [3.05, 3.63) is 52.5 Å². The van der Waals surface area contributed by atoms with Crippen molar-refractivity contribution < 1.29 is 9.59 Å². The van der Waals surface area contributed by atoms with Gasteiger partial charge < -0.3 is 4.57 Å². The molecule has 2 aromatic rings. The second kappa shape index (κ2) is 5.27. The molecule has 0 amide bonds. The van der Waals surface area contributed by atoms with Gasteiger partial charge in [0.05, 0.1) is 6.42 Å². The van der Waals surface area contributed by atoms with Crippen molar-refractivity contribution in [1.29, 1.82) is 0 Å². The molecule has 5 heteroatoms. The third-order valence-electron chi connectivity index (χ3n) is 2.57. The predicted molar refractivity (Wildman–Crippen MR) is 70.6 cm³/mol. The highest BCUT2D eigenvalue weighted by Crippen LogP contribution is 2.18. The summed E-state index contributed by atoms with van der Waals surface area (Å²) >= 11 is 3.30. The fraction of sp³-hybridized carbons (Fsp3) is 0.154. The Labute approximate surface area is 113 Å². The molecule has 1 aromatic carbocycles. The Morgan fingerprint density at radius 2 is 2.00 bits per heavy atom. The van der Waals surface area contributed by atoms with Crippen LogP contribution >= 0.6 is 15.9 Å². The minimum Gasteiger partial charge on any atom is -0.332 e. The monoisotopic (exact) mass is 306 g/mol. The molecule has 2 rings (SSSR count). The zero-order chi connectivity index (χ0) is 13.1. The molecule has 0 bridgehead atoms. The molecule has 0 radical (unpaired) electrons. The normalized spacial score (nSPS) is 10.3. The number of Topliss-reactive ketones (excluding diaryl/α,β-unsaturated/α-hetero) is 2. The number of carbonyl (C=O) groups is 2. The zero-order valence-corrected chi connectivity index (χ0v) is 11.3. The molecule has 0 saturated carbocycles. The predicted octanol–water partition coefficient (Wildman–Crippen LogP) is 2.64. The first kappa shape index (κ1) is 12.7. The van der Waals surface area contributed by atoms with E-state index in [1.807, 2.05) is 6.07 Å². The number of halogens is 1. The summed E-state index contributed by atoms with van der Waals surface area (Å²) in [4.78, 5) is 27.8. The van der Waals surface area contributed by atoms with Crippen molar-refractivity contribution in [2.24, 2.45) is 7.05 Å². The van der Waals surface area contributed by atoms with Gasteiger partial charge in [0, 0.05) is 29.5 Å². The van der Waals surface area contributed by atoms with E-state index < -0.39 is 0 Å². The maximum absolute atomic E-state index is 12.0. The molecule has 0 N–H and O–H groups in total. The number of ketones is 2. The molecular weight excluding hydrogens is 296 g/mol. The van der Waals surface area contributed by atoms with Crippen LogP contribution in [-0.2, 0) is 7.05 Å². The Morgan fingerprint density at radius 1 is 1.28 bits per heavy atom. The summed E-state index contributed by atoms with van der Waals surface area (Å²) < 4.78 is 2.30. The molecule has 0 aliphatic carbocycles. The minimum absolute atomic E-state index is 0.173. The van der Waals surface area contributed by atoms with Crippen LogP contribution in [-0.4, -0.2) is 21.1 Å². The summed E-state index contributed by atoms with van der Waals surface area (Å²) in [6.45, 7) is 0. The average Bonchev–Trinajstić information content (AvgIpc) is 2.76. The van der Waals surface area contributed by atoms with Crippen LogP contribution in [0.2, 0.25) is 0 Å². The number of rotatable bonds is 4. The third kappa shape index (κ3) is 2.56. The fourth-order valence-corrected chi connectivity index (χ4v) is 2.15. The number of aromatic nitrogens is 2. The van der Waals surface area contributed by atoms with Crippen LogP contribution < -0.4 is 0 Å². The van der Waals surface area contributed by atoms with E-state index in [4.69, 9.17) is 0 Å². The van der Waals surface area contributed by atoms with Gasteiger partial charge in [-0.15, -0.1) is 0 Å². The van der Waals surface area contributed by atoms with Crippen molar-refractivity contribution in [3.8, 4) is 0 Å². The SMILES string of the molecule is Cn1ccnc1C(=O)CC(=O)c1ccccc1Br. The number of nitrogens with zero attached hydrogens (tertiary/aromatic N) is 2. The topological polar surface area (TPSA) is 52.0 Å². The van der Waals surface area contributed by atoms with Gasteiger partial charge in [0.2, 0.25) is 5.78 Å². The van der Waals surface area contributed by atoms with Crippen LogP contribution in [0.25, 0.3) is 0 Å². The van der Waals surface area contributed by atoms with E-state index in [1.54, 1.807) is 36.0 Å². The van der Waals surface area contributed by atoms with Gasteiger partial charge in [-0.1, -0.05) is 34.1 Å². The molecule has 1 aromatic heterocycles. The number of aryl methyl sites for hydroxylation is 1. The van der Waals surface area contributed by atoms with E-state index in [1.165, 1.54) is 6.20 Å². The molecule has 4 nitrogen and oxygen atoms in total. The van der Waals surface area contributed by atoms with Crippen molar-refractivity contribution >= 4 is 27.5 Å². The summed E-state index contributed by atoms with van der Waals surface area (Å²) in [7, 11) is 1.73. The first-order chi connectivity index (χ1) is 8.59. The van der Waals surface area contributed by atoms with E-state index in [0.717, 1.165) is 0 Å². The Morgan fingerprint density at radius 3 is 2.61 bits per heavy atom. The van der Waals surface area contributed by atoms with Crippen molar-refractivity contribution in [2.75, 3.05) is 0 Å². The highest BCUT2D eigenvalue weighted by atomic mass is 79.9. The molecule has 18 heavy (non-hydrogen) atoms. The van der Waals surface area contributed by atoms with E-state index in [9.17, 15) is 9.59 Å². The van der Waals surface area contributed by atoms with Crippen LogP contribution in [0.1, 0.15) is 27.4 Å². The van der Waals surface area contributed by atoms with Gasteiger partial charge in [0.25, 0.3) is 0 Å². The summed E-state index contributed by atoms with van der Waals surface area (Å²) in [5.74, 6) is -0.186. The molecule has 1 heterocycles. The standard InChI is InChI=1S/C13H11BrN2O2/c1-16-7-6-15-13(16)12(18)8-11(17)9-4-2-3-5-10(9)14/h2-7H,8H2,1H3. The maximum Gasteiger partial charge on any atom is 0.205 e. The molecule has 0 fully saturated rings. The van der Waals surface area contributed by atoms with Crippen molar-refractivity contribution in [1.82, 2.24) is 9.55 Å². The minimum atomic E-state index is -0.275. The Balaban J connectivity index is 2.16. The maximum atomic E-state index is 12.0. The lowest BCUT2D eigenvalue weighted by atomic mass is 10.1. The molecule has 0 atom stereocenters. The van der Waals surface area contributed by atoms with Gasteiger partial charge in [-0.3, -0.25) is 9.59 Å². The van der Waals surface area contributed by atoms with Gasteiger partial charge in [-0.05, 0) is 6.07 Å². The van der Waals surface area contributed by atoms with Gasteiger partial charge in [-0.2, -0.15) is 0 Å². The number of hydrogen-bond donors (Lipinski definition) is 0. The molecule has 0 spiro atoms. The van der Waals surface area contributed by atoms with Gasteiger partial charge in [0.15, 0.2) is 11.6 Å². The lowest BCUT2D eigenvalue weighted by Crippen LogP contribution is -2.13. The smallest absolute Gasteiger partial charge is 0.205 e. The van der Waals surface area contributed by atoms with Crippen LogP contribution in [0, 0.1) is 0 Å². The highest BCUT2D eigenvalue weighted by Gasteiger charge is 2.18. The molecule has 0 aliphatic heterocycles. The van der Waals surface area contributed by atoms with Crippen molar-refractivity contribution in [2.45, 2.75) is 6.42 Å². The van der Waals surface area contributed by atoms with Gasteiger partial charge in [-0.25, -0.2) is 4.98 Å². The largest absolute Gasteiger partial charge is 0.332 e. The van der Waals surface area contributed by atoms with E-state index in [-0.39, 0.29) is 18.0 Å². The quantitative estimate of drug-likeness (QED) is 0.644. The highest BCUT2D eigenvalue weighted by molar-refractivity contribution is 9.10. The van der Waals surface area contributed by atoms with Gasteiger partial charge >= 0.3 is 0 Å². The van der Waals surface area contributed by atoms with Crippen LogP contribution in [0.3, 0.4) is 0 Å². The summed E-state index contributed by atoms with van der Waals surface area (Å²) in [5.41, 5.74) is 0.514. The number of imidazole rings is 1. The van der Waals surface area contributed by atoms with Crippen LogP contribution in [0.4, 0.5) is 0 Å². The summed E-state index contributed by atoms with van der Waals surface area (Å²) in [6.07, 6.45) is 3.04. The lowest BCUT2D eigenvalue weighted by molar-refractivity contribution is 0.0886. The Hall–Kier alpha value is -1.75. The van der Waals surface area contributed by atoms with Crippen molar-refractivity contribution in [3.63, 3.8) is 0 Å². The lowest BCUT2D eigenvalue weighted by Gasteiger charge is -2.03. The summed E-state index contributed by atoms with van der Waals surface area (Å²) in [6, 6.07) is 7.06. The van der Waals surface area contributed by atoms with E-state index in [2.05, 4.69) is 20.9 Å². The number of benzene rings is 1. The average molecular weight is 307 g/mol. The fourth-order valence-electron chi connectivity index (χ4n) is 1.64. The second-order valence-corrected chi connectivity index (χ2v) is 4.72. The number of hydrogen-bond acceptors (Lipinski definition) is 3. The zero-order valence-electron chi connectivity index (χ0n) is 9.76. The second-order valence-electron chi connectivity index (χ2n) is 3.86. The molecule has 0 saturated heterocycles. The van der Waals surface area contributed by atoms with E-state index in [0.29, 0.717) is 15.9 Å². The molecule has 0 aliphatic rings. The van der Waals surface area contributed by atoms with Crippen LogP contribution in [0.5, 0.6) is 0 Å². The Kier molecular flexibility index (Phi) is 3.72. The molecule has 0 unspecified atom stereocenters.